The summed E-state index contributed by atoms with van der Waals surface area (Å²) in [5.41, 5.74) is 0.205. The Balaban J connectivity index is 1.77. The molecule has 8 heteroatoms. The summed E-state index contributed by atoms with van der Waals surface area (Å²) < 4.78 is 25.7. The normalized spacial score (nSPS) is 24.0. The Kier molecular flexibility index (Phi) is 4.06. The SMILES string of the molecule is COc1nc(N2CCC3(COCCN3)C2)c2ccc(Br)c(F)c2n1. The molecule has 4 rings (SSSR count). The minimum atomic E-state index is -0.400. The van der Waals surface area contributed by atoms with Crippen molar-refractivity contribution >= 4 is 32.7 Å². The molecular formula is C16H18BrFN4O2. The summed E-state index contributed by atoms with van der Waals surface area (Å²) in [5, 5.41) is 4.25. The predicted octanol–water partition coefficient (Wildman–Crippen LogP) is 2.11. The minimum absolute atomic E-state index is 0.0589. The van der Waals surface area contributed by atoms with Gasteiger partial charge < -0.3 is 19.7 Å². The van der Waals surface area contributed by atoms with Crippen molar-refractivity contribution in [2.45, 2.75) is 12.0 Å². The lowest BCUT2D eigenvalue weighted by Crippen LogP contribution is -2.55. The summed E-state index contributed by atoms with van der Waals surface area (Å²) in [6.07, 6.45) is 0.958. The molecule has 2 fully saturated rings. The molecule has 1 N–H and O–H groups in total. The van der Waals surface area contributed by atoms with Gasteiger partial charge in [0.1, 0.15) is 11.3 Å². The van der Waals surface area contributed by atoms with Crippen molar-refractivity contribution in [2.75, 3.05) is 44.9 Å². The molecule has 1 atom stereocenters. The zero-order valence-corrected chi connectivity index (χ0v) is 14.9. The van der Waals surface area contributed by atoms with Gasteiger partial charge in [0.2, 0.25) is 0 Å². The number of fused-ring (bicyclic) bond motifs is 1. The van der Waals surface area contributed by atoms with Crippen molar-refractivity contribution in [1.82, 2.24) is 15.3 Å². The number of nitrogens with one attached hydrogen (secondary N) is 1. The molecule has 0 amide bonds. The second kappa shape index (κ2) is 6.09. The number of hydrogen-bond acceptors (Lipinski definition) is 6. The average Bonchev–Trinajstić information content (AvgIpc) is 3.01. The van der Waals surface area contributed by atoms with Gasteiger partial charge in [-0.3, -0.25) is 0 Å². The van der Waals surface area contributed by atoms with E-state index >= 15 is 0 Å². The van der Waals surface area contributed by atoms with E-state index in [4.69, 9.17) is 9.47 Å². The molecule has 128 valence electrons. The summed E-state index contributed by atoms with van der Waals surface area (Å²) in [6, 6.07) is 3.70. The third-order valence-corrected chi connectivity index (χ3v) is 5.29. The number of halogens is 2. The quantitative estimate of drug-likeness (QED) is 0.838. The van der Waals surface area contributed by atoms with Crippen LogP contribution >= 0.6 is 15.9 Å². The molecule has 2 aromatic rings. The van der Waals surface area contributed by atoms with Gasteiger partial charge in [0, 0.05) is 25.0 Å². The standard InChI is InChI=1S/C16H18BrFN4O2/c1-23-15-20-13-10(2-3-11(17)12(13)18)14(21-15)22-6-4-16(8-22)9-24-7-5-19-16/h2-3,19H,4-9H2,1H3. The number of ether oxygens (including phenoxy) is 2. The summed E-state index contributed by atoms with van der Waals surface area (Å²) in [6.45, 7) is 3.86. The minimum Gasteiger partial charge on any atom is -0.467 e. The van der Waals surface area contributed by atoms with E-state index in [-0.39, 0.29) is 17.1 Å². The van der Waals surface area contributed by atoms with Gasteiger partial charge in [-0.15, -0.1) is 0 Å². The zero-order valence-electron chi connectivity index (χ0n) is 13.3. The zero-order chi connectivity index (χ0) is 16.7. The Morgan fingerprint density at radius 2 is 2.29 bits per heavy atom. The lowest BCUT2D eigenvalue weighted by atomic mass is 9.99. The van der Waals surface area contributed by atoms with E-state index in [0.717, 1.165) is 32.7 Å². The molecule has 0 radical (unpaired) electrons. The van der Waals surface area contributed by atoms with Crippen molar-refractivity contribution in [1.29, 1.82) is 0 Å². The second-order valence-corrected chi connectivity index (χ2v) is 7.08. The third-order valence-electron chi connectivity index (χ3n) is 4.68. The van der Waals surface area contributed by atoms with Crippen LogP contribution in [0.4, 0.5) is 10.2 Å². The highest BCUT2D eigenvalue weighted by Gasteiger charge is 2.40. The maximum atomic E-state index is 14.5. The molecule has 6 nitrogen and oxygen atoms in total. The number of rotatable bonds is 2. The summed E-state index contributed by atoms with van der Waals surface area (Å²) >= 11 is 3.21. The van der Waals surface area contributed by atoms with Crippen molar-refractivity contribution in [2.24, 2.45) is 0 Å². The highest BCUT2D eigenvalue weighted by Crippen LogP contribution is 2.35. The number of benzene rings is 1. The maximum Gasteiger partial charge on any atom is 0.318 e. The van der Waals surface area contributed by atoms with Crippen LogP contribution < -0.4 is 15.0 Å². The molecule has 2 aliphatic heterocycles. The van der Waals surface area contributed by atoms with Crippen LogP contribution in [0, 0.1) is 5.82 Å². The highest BCUT2D eigenvalue weighted by atomic mass is 79.9. The Labute approximate surface area is 147 Å². The van der Waals surface area contributed by atoms with Gasteiger partial charge in [-0.2, -0.15) is 9.97 Å². The molecule has 1 aromatic carbocycles. The summed E-state index contributed by atoms with van der Waals surface area (Å²) in [7, 11) is 1.49. The summed E-state index contributed by atoms with van der Waals surface area (Å²) in [5.74, 6) is 0.301. The van der Waals surface area contributed by atoms with Crippen molar-refractivity contribution < 1.29 is 13.9 Å². The van der Waals surface area contributed by atoms with Gasteiger partial charge in [0.05, 0.1) is 30.3 Å². The van der Waals surface area contributed by atoms with E-state index in [9.17, 15) is 4.39 Å². The van der Waals surface area contributed by atoms with Crippen LogP contribution in [0.25, 0.3) is 10.9 Å². The lowest BCUT2D eigenvalue weighted by Gasteiger charge is -2.34. The van der Waals surface area contributed by atoms with Crippen LogP contribution in [0.1, 0.15) is 6.42 Å². The number of nitrogens with zero attached hydrogens (tertiary/aromatic N) is 3. The topological polar surface area (TPSA) is 59.5 Å². The molecule has 0 aliphatic carbocycles. The molecule has 1 unspecified atom stereocenters. The Bertz CT molecular complexity index is 782. The molecular weight excluding hydrogens is 379 g/mol. The monoisotopic (exact) mass is 396 g/mol. The van der Waals surface area contributed by atoms with E-state index in [1.807, 2.05) is 6.07 Å². The fraction of sp³-hybridized carbons (Fsp3) is 0.500. The fourth-order valence-electron chi connectivity index (χ4n) is 3.46. The van der Waals surface area contributed by atoms with E-state index in [1.165, 1.54) is 7.11 Å². The van der Waals surface area contributed by atoms with Gasteiger partial charge in [0.25, 0.3) is 0 Å². The predicted molar refractivity (Wildman–Crippen MR) is 92.1 cm³/mol. The Morgan fingerprint density at radius 3 is 3.04 bits per heavy atom. The smallest absolute Gasteiger partial charge is 0.318 e. The van der Waals surface area contributed by atoms with Crippen LogP contribution in [-0.2, 0) is 4.74 Å². The molecule has 24 heavy (non-hydrogen) atoms. The van der Waals surface area contributed by atoms with E-state index in [1.54, 1.807) is 6.07 Å². The van der Waals surface area contributed by atoms with Gasteiger partial charge in [-0.1, -0.05) is 0 Å². The maximum absolute atomic E-state index is 14.5. The van der Waals surface area contributed by atoms with E-state index in [0.29, 0.717) is 22.3 Å². The number of aromatic nitrogens is 2. The molecule has 1 spiro atoms. The van der Waals surface area contributed by atoms with Crippen LogP contribution in [0.5, 0.6) is 6.01 Å². The first kappa shape index (κ1) is 16.0. The highest BCUT2D eigenvalue weighted by molar-refractivity contribution is 9.10. The number of hydrogen-bond donors (Lipinski definition) is 1. The first-order valence-electron chi connectivity index (χ1n) is 7.89. The van der Waals surface area contributed by atoms with Gasteiger partial charge in [0.15, 0.2) is 5.82 Å². The fourth-order valence-corrected chi connectivity index (χ4v) is 3.78. The van der Waals surface area contributed by atoms with Crippen LogP contribution in [-0.4, -0.2) is 55.5 Å². The molecule has 3 heterocycles. The van der Waals surface area contributed by atoms with Crippen LogP contribution in [0.3, 0.4) is 0 Å². The van der Waals surface area contributed by atoms with Crippen molar-refractivity contribution in [3.8, 4) is 6.01 Å². The summed E-state index contributed by atoms with van der Waals surface area (Å²) in [4.78, 5) is 10.8. The van der Waals surface area contributed by atoms with Gasteiger partial charge in [-0.05, 0) is 34.5 Å². The molecule has 1 aromatic heterocycles. The lowest BCUT2D eigenvalue weighted by molar-refractivity contribution is 0.0368. The average molecular weight is 397 g/mol. The first-order chi connectivity index (χ1) is 11.6. The Hall–Kier alpha value is -1.51. The second-order valence-electron chi connectivity index (χ2n) is 6.22. The van der Waals surface area contributed by atoms with E-state index in [2.05, 4.69) is 36.1 Å². The molecule has 2 saturated heterocycles. The molecule has 2 aliphatic rings. The van der Waals surface area contributed by atoms with E-state index < -0.39 is 5.82 Å². The molecule has 0 saturated carbocycles. The third kappa shape index (κ3) is 2.62. The van der Waals surface area contributed by atoms with Crippen molar-refractivity contribution in [3.63, 3.8) is 0 Å². The first-order valence-corrected chi connectivity index (χ1v) is 8.69. The number of methoxy groups -OCH3 is 1. The van der Waals surface area contributed by atoms with Gasteiger partial charge in [-0.25, -0.2) is 4.39 Å². The van der Waals surface area contributed by atoms with Crippen molar-refractivity contribution in [3.05, 3.63) is 22.4 Å². The Morgan fingerprint density at radius 1 is 1.42 bits per heavy atom. The van der Waals surface area contributed by atoms with Crippen LogP contribution in [0.2, 0.25) is 0 Å². The number of morpholine rings is 1. The largest absolute Gasteiger partial charge is 0.467 e. The number of anilines is 1. The van der Waals surface area contributed by atoms with Crippen LogP contribution in [0.15, 0.2) is 16.6 Å². The van der Waals surface area contributed by atoms with Gasteiger partial charge >= 0.3 is 6.01 Å². The molecule has 0 bridgehead atoms.